The maximum absolute atomic E-state index is 12.4. The predicted octanol–water partition coefficient (Wildman–Crippen LogP) is 2.65. The van der Waals surface area contributed by atoms with E-state index < -0.39 is 11.7 Å². The Morgan fingerprint density at radius 2 is 2.06 bits per heavy atom. The molecule has 1 aromatic carbocycles. The number of hydrogen-bond acceptors (Lipinski definition) is 2. The van der Waals surface area contributed by atoms with Crippen LogP contribution >= 0.6 is 0 Å². The van der Waals surface area contributed by atoms with E-state index in [0.717, 1.165) is 37.3 Å². The first-order valence-electron chi connectivity index (χ1n) is 5.88. The summed E-state index contributed by atoms with van der Waals surface area (Å²) in [5, 5.41) is 0. The summed E-state index contributed by atoms with van der Waals surface area (Å²) in [5.74, 6) is 0. The highest BCUT2D eigenvalue weighted by molar-refractivity contribution is 5.48. The van der Waals surface area contributed by atoms with Crippen molar-refractivity contribution in [1.29, 1.82) is 0 Å². The maximum atomic E-state index is 12.4. The second kappa shape index (κ2) is 4.80. The Hall–Kier alpha value is -1.23. The maximum Gasteiger partial charge on any atom is 0.416 e. The van der Waals surface area contributed by atoms with Gasteiger partial charge in [0, 0.05) is 30.9 Å². The highest BCUT2D eigenvalue weighted by Gasteiger charge is 2.31. The Morgan fingerprint density at radius 3 is 2.50 bits per heavy atom. The van der Waals surface area contributed by atoms with Gasteiger partial charge >= 0.3 is 6.18 Å². The predicted molar refractivity (Wildman–Crippen MR) is 64.6 cm³/mol. The monoisotopic (exact) mass is 257 g/mol. The summed E-state index contributed by atoms with van der Waals surface area (Å²) in [6.07, 6.45) is -3.26. The van der Waals surface area contributed by atoms with Crippen LogP contribution in [0.25, 0.3) is 0 Å². The van der Waals surface area contributed by atoms with E-state index >= 15 is 0 Å². The SMILES string of the molecule is CN(C)C1CCN(c2[c]cc(C(F)(F)F)cc2)C1. The Morgan fingerprint density at radius 1 is 1.33 bits per heavy atom. The molecule has 1 fully saturated rings. The molecule has 99 valence electrons. The molecule has 0 aromatic heterocycles. The van der Waals surface area contributed by atoms with Gasteiger partial charge in [-0.05, 0) is 38.7 Å². The van der Waals surface area contributed by atoms with Gasteiger partial charge in [0.05, 0.1) is 5.56 Å². The van der Waals surface area contributed by atoms with E-state index in [1.54, 1.807) is 0 Å². The van der Waals surface area contributed by atoms with Crippen LogP contribution in [-0.4, -0.2) is 38.1 Å². The zero-order valence-electron chi connectivity index (χ0n) is 10.5. The van der Waals surface area contributed by atoms with E-state index in [4.69, 9.17) is 0 Å². The molecule has 2 nitrogen and oxygen atoms in total. The van der Waals surface area contributed by atoms with Crippen LogP contribution in [0.15, 0.2) is 18.2 Å². The first kappa shape index (κ1) is 13.2. The molecular formula is C13H16F3N2. The van der Waals surface area contributed by atoms with Crippen LogP contribution in [0.5, 0.6) is 0 Å². The van der Waals surface area contributed by atoms with Gasteiger partial charge in [-0.2, -0.15) is 13.2 Å². The van der Waals surface area contributed by atoms with Crippen molar-refractivity contribution in [3.05, 3.63) is 29.8 Å². The van der Waals surface area contributed by atoms with E-state index in [2.05, 4.69) is 15.9 Å². The lowest BCUT2D eigenvalue weighted by Crippen LogP contribution is -2.31. The second-order valence-corrected chi connectivity index (χ2v) is 4.81. The largest absolute Gasteiger partial charge is 0.416 e. The second-order valence-electron chi connectivity index (χ2n) is 4.81. The first-order valence-corrected chi connectivity index (χ1v) is 5.88. The fourth-order valence-corrected chi connectivity index (χ4v) is 2.17. The van der Waals surface area contributed by atoms with E-state index in [1.807, 2.05) is 14.1 Å². The van der Waals surface area contributed by atoms with Crippen molar-refractivity contribution in [2.24, 2.45) is 0 Å². The topological polar surface area (TPSA) is 6.48 Å². The number of likely N-dealkylation sites (N-methyl/N-ethyl adjacent to an activating group) is 1. The standard InChI is InChI=1S/C13H16F3N2/c1-17(2)12-7-8-18(9-12)11-5-3-10(4-6-11)13(14,15)16/h3-5,12H,7-9H2,1-2H3. The van der Waals surface area contributed by atoms with Crippen molar-refractivity contribution in [2.75, 3.05) is 32.1 Å². The zero-order chi connectivity index (χ0) is 13.3. The molecule has 0 saturated carbocycles. The zero-order valence-corrected chi connectivity index (χ0v) is 10.5. The highest BCUT2D eigenvalue weighted by atomic mass is 19.4. The van der Waals surface area contributed by atoms with Gasteiger partial charge in [-0.1, -0.05) is 0 Å². The Bertz CT molecular complexity index is 398. The summed E-state index contributed by atoms with van der Waals surface area (Å²) < 4.78 is 37.3. The minimum absolute atomic E-state index is 0.459. The molecule has 1 saturated heterocycles. The molecule has 0 N–H and O–H groups in total. The molecule has 1 unspecified atom stereocenters. The molecule has 1 aliphatic heterocycles. The van der Waals surface area contributed by atoms with E-state index in [0.29, 0.717) is 6.04 Å². The molecule has 1 aromatic rings. The average Bonchev–Trinajstić information content (AvgIpc) is 2.77. The first-order chi connectivity index (χ1) is 8.38. The Kier molecular flexibility index (Phi) is 3.52. The molecule has 1 atom stereocenters. The van der Waals surface area contributed by atoms with Crippen LogP contribution in [0.3, 0.4) is 0 Å². The molecule has 1 heterocycles. The third kappa shape index (κ3) is 2.77. The smallest absolute Gasteiger partial charge is 0.369 e. The minimum atomic E-state index is -4.29. The normalized spacial score (nSPS) is 20.8. The number of rotatable bonds is 2. The quantitative estimate of drug-likeness (QED) is 0.803. The van der Waals surface area contributed by atoms with E-state index in [-0.39, 0.29) is 0 Å². The van der Waals surface area contributed by atoms with Crippen LogP contribution in [0.1, 0.15) is 12.0 Å². The van der Waals surface area contributed by atoms with Gasteiger partial charge in [0.2, 0.25) is 0 Å². The molecule has 0 aliphatic carbocycles. The molecule has 1 aliphatic rings. The number of anilines is 1. The number of nitrogens with zero attached hydrogens (tertiary/aromatic N) is 2. The number of halogens is 3. The molecule has 0 bridgehead atoms. The van der Waals surface area contributed by atoms with Crippen molar-refractivity contribution in [2.45, 2.75) is 18.6 Å². The van der Waals surface area contributed by atoms with Crippen molar-refractivity contribution in [3.8, 4) is 0 Å². The molecule has 5 heteroatoms. The third-order valence-corrected chi connectivity index (χ3v) is 3.36. The molecule has 18 heavy (non-hydrogen) atoms. The van der Waals surface area contributed by atoms with Gasteiger partial charge in [-0.3, -0.25) is 0 Å². The fraction of sp³-hybridized carbons (Fsp3) is 0.538. The summed E-state index contributed by atoms with van der Waals surface area (Å²) in [7, 11) is 4.04. The summed E-state index contributed by atoms with van der Waals surface area (Å²) in [4.78, 5) is 4.22. The van der Waals surface area contributed by atoms with Crippen molar-refractivity contribution in [1.82, 2.24) is 4.90 Å². The number of benzene rings is 1. The lowest BCUT2D eigenvalue weighted by molar-refractivity contribution is -0.137. The highest BCUT2D eigenvalue weighted by Crippen LogP contribution is 2.31. The summed E-state index contributed by atoms with van der Waals surface area (Å²) >= 11 is 0. The fourth-order valence-electron chi connectivity index (χ4n) is 2.17. The molecular weight excluding hydrogens is 241 g/mol. The molecule has 0 spiro atoms. The Labute approximate surface area is 105 Å². The van der Waals surface area contributed by atoms with Crippen molar-refractivity contribution < 1.29 is 13.2 Å². The molecule has 2 rings (SSSR count). The van der Waals surface area contributed by atoms with E-state index in [9.17, 15) is 13.2 Å². The van der Waals surface area contributed by atoms with Gasteiger partial charge in [0.1, 0.15) is 0 Å². The lowest BCUT2D eigenvalue weighted by Gasteiger charge is -2.21. The van der Waals surface area contributed by atoms with Crippen LogP contribution in [-0.2, 0) is 6.18 Å². The molecule has 0 amide bonds. The third-order valence-electron chi connectivity index (χ3n) is 3.36. The van der Waals surface area contributed by atoms with Crippen LogP contribution < -0.4 is 4.90 Å². The molecule has 1 radical (unpaired) electrons. The van der Waals surface area contributed by atoms with Gasteiger partial charge < -0.3 is 9.80 Å². The van der Waals surface area contributed by atoms with Crippen LogP contribution in [0.2, 0.25) is 0 Å². The van der Waals surface area contributed by atoms with Crippen LogP contribution in [0, 0.1) is 6.07 Å². The van der Waals surface area contributed by atoms with Crippen molar-refractivity contribution >= 4 is 5.69 Å². The van der Waals surface area contributed by atoms with Gasteiger partial charge in [0.15, 0.2) is 0 Å². The number of alkyl halides is 3. The van der Waals surface area contributed by atoms with Crippen molar-refractivity contribution in [3.63, 3.8) is 0 Å². The Balaban J connectivity index is 2.07. The number of hydrogen-bond donors (Lipinski definition) is 0. The van der Waals surface area contributed by atoms with E-state index in [1.165, 1.54) is 6.07 Å². The summed E-state index contributed by atoms with van der Waals surface area (Å²) in [6.45, 7) is 1.71. The lowest BCUT2D eigenvalue weighted by atomic mass is 10.2. The van der Waals surface area contributed by atoms with Gasteiger partial charge in [-0.15, -0.1) is 0 Å². The average molecular weight is 257 g/mol. The van der Waals surface area contributed by atoms with Crippen LogP contribution in [0.4, 0.5) is 18.9 Å². The minimum Gasteiger partial charge on any atom is -0.369 e. The summed E-state index contributed by atoms with van der Waals surface area (Å²) in [5.41, 5.74) is 0.0990. The summed E-state index contributed by atoms with van der Waals surface area (Å²) in [6, 6.07) is 6.84. The van der Waals surface area contributed by atoms with Gasteiger partial charge in [0.25, 0.3) is 0 Å². The van der Waals surface area contributed by atoms with Gasteiger partial charge in [-0.25, -0.2) is 0 Å².